The van der Waals surface area contributed by atoms with Crippen LogP contribution in [0.5, 0.6) is 0 Å². The molecule has 0 bridgehead atoms. The van der Waals surface area contributed by atoms with Crippen molar-refractivity contribution in [1.82, 2.24) is 9.80 Å². The average molecular weight is 417 g/mol. The first-order valence-corrected chi connectivity index (χ1v) is 11.1. The minimum Gasteiger partial charge on any atom is -0.469 e. The molecule has 0 atom stereocenters. The standard InChI is InChI=1S/C24H36N2O4/c1-24(2,3)30-23(28)26(21-9-10-21)17-20-11-13-25(14-12-20)16-19-7-5-18(6-8-19)15-22(27)29-4/h5-8,20-21H,9-17H2,1-4H3. The van der Waals surface area contributed by atoms with Gasteiger partial charge in [0.1, 0.15) is 5.60 Å². The lowest BCUT2D eigenvalue weighted by atomic mass is 9.95. The summed E-state index contributed by atoms with van der Waals surface area (Å²) in [5, 5.41) is 0. The Labute approximate surface area is 180 Å². The molecule has 30 heavy (non-hydrogen) atoms. The lowest BCUT2D eigenvalue weighted by molar-refractivity contribution is -0.139. The van der Waals surface area contributed by atoms with Crippen LogP contribution < -0.4 is 0 Å². The van der Waals surface area contributed by atoms with Gasteiger partial charge in [-0.15, -0.1) is 0 Å². The molecule has 0 aromatic heterocycles. The third kappa shape index (κ3) is 7.01. The van der Waals surface area contributed by atoms with Gasteiger partial charge in [-0.05, 0) is 76.6 Å². The number of likely N-dealkylation sites (tertiary alicyclic amines) is 1. The maximum Gasteiger partial charge on any atom is 0.410 e. The molecule has 2 aliphatic rings. The molecule has 1 aliphatic heterocycles. The van der Waals surface area contributed by atoms with Crippen molar-refractivity contribution in [2.75, 3.05) is 26.7 Å². The summed E-state index contributed by atoms with van der Waals surface area (Å²) < 4.78 is 10.4. The van der Waals surface area contributed by atoms with Gasteiger partial charge in [0.25, 0.3) is 0 Å². The molecule has 1 aromatic carbocycles. The van der Waals surface area contributed by atoms with E-state index in [9.17, 15) is 9.59 Å². The first kappa shape index (κ1) is 22.6. The number of benzene rings is 1. The van der Waals surface area contributed by atoms with Gasteiger partial charge in [-0.3, -0.25) is 9.69 Å². The fourth-order valence-electron chi connectivity index (χ4n) is 3.94. The van der Waals surface area contributed by atoms with E-state index in [0.717, 1.165) is 57.4 Å². The summed E-state index contributed by atoms with van der Waals surface area (Å²) in [7, 11) is 1.41. The fraction of sp³-hybridized carbons (Fsp3) is 0.667. The van der Waals surface area contributed by atoms with Gasteiger partial charge in [-0.1, -0.05) is 24.3 Å². The Morgan fingerprint density at radius 3 is 2.17 bits per heavy atom. The molecule has 1 aromatic rings. The monoisotopic (exact) mass is 416 g/mol. The number of carbonyl (C=O) groups is 2. The van der Waals surface area contributed by atoms with Crippen LogP contribution in [0, 0.1) is 5.92 Å². The zero-order valence-corrected chi connectivity index (χ0v) is 18.9. The summed E-state index contributed by atoms with van der Waals surface area (Å²) >= 11 is 0. The number of hydrogen-bond acceptors (Lipinski definition) is 5. The summed E-state index contributed by atoms with van der Waals surface area (Å²) in [6.07, 6.45) is 4.57. The van der Waals surface area contributed by atoms with E-state index in [1.54, 1.807) is 0 Å². The molecule has 6 nitrogen and oxygen atoms in total. The van der Waals surface area contributed by atoms with Gasteiger partial charge in [0.05, 0.1) is 13.5 Å². The number of piperidine rings is 1. The minimum absolute atomic E-state index is 0.153. The van der Waals surface area contributed by atoms with Gasteiger partial charge in [-0.25, -0.2) is 4.79 Å². The predicted molar refractivity (Wildman–Crippen MR) is 116 cm³/mol. The number of carbonyl (C=O) groups excluding carboxylic acids is 2. The van der Waals surface area contributed by atoms with Crippen LogP contribution in [-0.2, 0) is 27.2 Å². The predicted octanol–water partition coefficient (Wildman–Crippen LogP) is 4.01. The maximum atomic E-state index is 12.6. The lowest BCUT2D eigenvalue weighted by Gasteiger charge is -2.35. The minimum atomic E-state index is -0.444. The Bertz CT molecular complexity index is 714. The van der Waals surface area contributed by atoms with Crippen LogP contribution in [0.1, 0.15) is 57.6 Å². The summed E-state index contributed by atoms with van der Waals surface area (Å²) in [5.41, 5.74) is 1.79. The van der Waals surface area contributed by atoms with Crippen molar-refractivity contribution in [1.29, 1.82) is 0 Å². The second-order valence-electron chi connectivity index (χ2n) is 9.65. The summed E-state index contributed by atoms with van der Waals surface area (Å²) in [5.74, 6) is 0.327. The van der Waals surface area contributed by atoms with E-state index < -0.39 is 5.60 Å². The molecule has 0 unspecified atom stereocenters. The van der Waals surface area contributed by atoms with Gasteiger partial charge in [0.15, 0.2) is 0 Å². The normalized spacial score (nSPS) is 18.1. The first-order chi connectivity index (χ1) is 14.2. The molecule has 1 saturated carbocycles. The fourth-order valence-corrected chi connectivity index (χ4v) is 3.94. The summed E-state index contributed by atoms with van der Waals surface area (Å²) in [6.45, 7) is 9.60. The maximum absolute atomic E-state index is 12.6. The highest BCUT2D eigenvalue weighted by Crippen LogP contribution is 2.31. The summed E-state index contributed by atoms with van der Waals surface area (Å²) in [6, 6.07) is 8.59. The van der Waals surface area contributed by atoms with Gasteiger partial charge < -0.3 is 14.4 Å². The molecule has 166 valence electrons. The smallest absolute Gasteiger partial charge is 0.410 e. The molecule has 3 rings (SSSR count). The highest BCUT2D eigenvalue weighted by Gasteiger charge is 2.37. The Kier molecular flexibility index (Phi) is 7.40. The molecular weight excluding hydrogens is 380 g/mol. The van der Waals surface area contributed by atoms with Crippen molar-refractivity contribution in [3.63, 3.8) is 0 Å². The highest BCUT2D eigenvalue weighted by atomic mass is 16.6. The van der Waals surface area contributed by atoms with Crippen LogP contribution in [0.3, 0.4) is 0 Å². The number of ether oxygens (including phenoxy) is 2. The Balaban J connectivity index is 1.45. The molecule has 1 amide bonds. The van der Waals surface area contributed by atoms with E-state index in [1.165, 1.54) is 12.7 Å². The van der Waals surface area contributed by atoms with E-state index in [2.05, 4.69) is 17.0 Å². The zero-order chi connectivity index (χ0) is 21.7. The van der Waals surface area contributed by atoms with Crippen LogP contribution in [0.15, 0.2) is 24.3 Å². The third-order valence-electron chi connectivity index (χ3n) is 5.78. The van der Waals surface area contributed by atoms with E-state index in [1.807, 2.05) is 37.8 Å². The second-order valence-corrected chi connectivity index (χ2v) is 9.65. The average Bonchev–Trinajstić information content (AvgIpc) is 3.52. The van der Waals surface area contributed by atoms with Crippen molar-refractivity contribution >= 4 is 12.1 Å². The highest BCUT2D eigenvalue weighted by molar-refractivity contribution is 5.72. The number of hydrogen-bond donors (Lipinski definition) is 0. The van der Waals surface area contributed by atoms with E-state index >= 15 is 0 Å². The largest absolute Gasteiger partial charge is 0.469 e. The Morgan fingerprint density at radius 1 is 1.03 bits per heavy atom. The first-order valence-electron chi connectivity index (χ1n) is 11.1. The van der Waals surface area contributed by atoms with E-state index in [0.29, 0.717) is 18.4 Å². The number of rotatable bonds is 7. The molecule has 0 spiro atoms. The Morgan fingerprint density at radius 2 is 1.63 bits per heavy atom. The lowest BCUT2D eigenvalue weighted by Crippen LogP contribution is -2.43. The molecule has 0 radical (unpaired) electrons. The third-order valence-corrected chi connectivity index (χ3v) is 5.78. The molecular formula is C24H36N2O4. The molecule has 0 N–H and O–H groups in total. The van der Waals surface area contributed by atoms with Gasteiger partial charge in [0.2, 0.25) is 0 Å². The number of methoxy groups -OCH3 is 1. The zero-order valence-electron chi connectivity index (χ0n) is 18.9. The molecule has 1 heterocycles. The van der Waals surface area contributed by atoms with E-state index in [-0.39, 0.29) is 12.1 Å². The van der Waals surface area contributed by atoms with Crippen LogP contribution in [0.25, 0.3) is 0 Å². The topological polar surface area (TPSA) is 59.1 Å². The van der Waals surface area contributed by atoms with Crippen molar-refractivity contribution in [2.45, 2.75) is 71.1 Å². The van der Waals surface area contributed by atoms with Crippen molar-refractivity contribution in [3.8, 4) is 0 Å². The number of nitrogens with zero attached hydrogens (tertiary/aromatic N) is 2. The van der Waals surface area contributed by atoms with Crippen LogP contribution >= 0.6 is 0 Å². The Hall–Kier alpha value is -2.08. The van der Waals surface area contributed by atoms with E-state index in [4.69, 9.17) is 9.47 Å². The van der Waals surface area contributed by atoms with Gasteiger partial charge in [0, 0.05) is 19.1 Å². The van der Waals surface area contributed by atoms with Crippen LogP contribution in [0.2, 0.25) is 0 Å². The van der Waals surface area contributed by atoms with Gasteiger partial charge >= 0.3 is 12.1 Å². The molecule has 6 heteroatoms. The second kappa shape index (κ2) is 9.82. The number of amides is 1. The van der Waals surface area contributed by atoms with Crippen molar-refractivity contribution in [3.05, 3.63) is 35.4 Å². The van der Waals surface area contributed by atoms with Crippen molar-refractivity contribution < 1.29 is 19.1 Å². The molecule has 2 fully saturated rings. The summed E-state index contributed by atoms with van der Waals surface area (Å²) in [4.78, 5) is 28.4. The number of esters is 1. The quantitative estimate of drug-likeness (QED) is 0.629. The van der Waals surface area contributed by atoms with Crippen LogP contribution in [-0.4, -0.2) is 60.2 Å². The molecule has 1 aliphatic carbocycles. The van der Waals surface area contributed by atoms with Crippen LogP contribution in [0.4, 0.5) is 4.79 Å². The molecule has 1 saturated heterocycles. The van der Waals surface area contributed by atoms with Gasteiger partial charge in [-0.2, -0.15) is 0 Å². The SMILES string of the molecule is COC(=O)Cc1ccc(CN2CCC(CN(C(=O)OC(C)(C)C)C3CC3)CC2)cc1. The van der Waals surface area contributed by atoms with Crippen molar-refractivity contribution in [2.24, 2.45) is 5.92 Å².